The monoisotopic (exact) mass is 405 g/mol. The number of anilines is 1. The van der Waals surface area contributed by atoms with Crippen LogP contribution in [0, 0.1) is 5.92 Å². The molecule has 6 rings (SSSR count). The number of hydrogen-bond donors (Lipinski definition) is 3. The summed E-state index contributed by atoms with van der Waals surface area (Å²) < 4.78 is 5.85. The number of carbonyl (C=O) groups excluding carboxylic acids is 2. The number of aliphatic hydroxyl groups excluding tert-OH is 2. The average molecular weight is 405 g/mol. The molecule has 4 heterocycles. The molecule has 0 unspecified atom stereocenters. The molecule has 150 valence electrons. The van der Waals surface area contributed by atoms with E-state index in [4.69, 9.17) is 4.74 Å². The molecule has 0 aliphatic carbocycles. The molecule has 1 amide bonds. The van der Waals surface area contributed by atoms with E-state index in [1.165, 1.54) is 11.1 Å². The van der Waals surface area contributed by atoms with Gasteiger partial charge in [0.1, 0.15) is 30.4 Å². The molecule has 0 radical (unpaired) electrons. The molecule has 30 heavy (non-hydrogen) atoms. The minimum atomic E-state index is -2.38. The SMILES string of the molecule is O=C1N2c3ccccc3C(=O)[C@]2([C+]2C=Nc3ccccc32)[C@H]2O[C@@H](CO)[C@H](O)[C@]12O. The summed E-state index contributed by atoms with van der Waals surface area (Å²) >= 11 is 0. The molecule has 2 saturated heterocycles. The van der Waals surface area contributed by atoms with Crippen molar-refractivity contribution in [3.05, 3.63) is 65.6 Å². The number of hydrogen-bond acceptors (Lipinski definition) is 7. The molecule has 4 aliphatic heterocycles. The van der Waals surface area contributed by atoms with Crippen molar-refractivity contribution in [2.45, 2.75) is 29.5 Å². The third kappa shape index (κ3) is 1.69. The average Bonchev–Trinajstić information content (AvgIpc) is 3.43. The summed E-state index contributed by atoms with van der Waals surface area (Å²) in [6, 6.07) is 13.8. The summed E-state index contributed by atoms with van der Waals surface area (Å²) in [5, 5.41) is 31.7. The van der Waals surface area contributed by atoms with Gasteiger partial charge in [0.15, 0.2) is 11.3 Å². The summed E-state index contributed by atoms with van der Waals surface area (Å²) in [5.41, 5.74) is -2.18. The van der Waals surface area contributed by atoms with Gasteiger partial charge in [-0.25, -0.2) is 0 Å². The highest BCUT2D eigenvalue weighted by Gasteiger charge is 2.83. The highest BCUT2D eigenvalue weighted by atomic mass is 16.6. The van der Waals surface area contributed by atoms with Gasteiger partial charge in [0.25, 0.3) is 5.91 Å². The van der Waals surface area contributed by atoms with Crippen LogP contribution in [0.1, 0.15) is 15.9 Å². The summed E-state index contributed by atoms with van der Waals surface area (Å²) in [7, 11) is 0. The molecule has 0 spiro atoms. The maximum Gasteiger partial charge on any atom is 0.266 e. The number of fused-ring (bicyclic) bond motifs is 6. The van der Waals surface area contributed by atoms with E-state index in [1.54, 1.807) is 42.5 Å². The Morgan fingerprint density at radius 1 is 1.13 bits per heavy atom. The van der Waals surface area contributed by atoms with Crippen molar-refractivity contribution in [1.29, 1.82) is 0 Å². The molecule has 5 atom stereocenters. The molecule has 2 fully saturated rings. The topological polar surface area (TPSA) is 120 Å². The lowest BCUT2D eigenvalue weighted by molar-refractivity contribution is -0.144. The van der Waals surface area contributed by atoms with Gasteiger partial charge < -0.3 is 20.1 Å². The lowest BCUT2D eigenvalue weighted by Gasteiger charge is -2.34. The lowest BCUT2D eigenvalue weighted by atomic mass is 9.71. The Labute approximate surface area is 171 Å². The van der Waals surface area contributed by atoms with Gasteiger partial charge in [-0.05, 0) is 24.3 Å². The van der Waals surface area contributed by atoms with E-state index in [1.807, 2.05) is 6.07 Å². The molecule has 8 heteroatoms. The second-order valence-corrected chi connectivity index (χ2v) is 7.95. The molecule has 3 N–H and O–H groups in total. The van der Waals surface area contributed by atoms with Gasteiger partial charge in [0, 0.05) is 17.7 Å². The molecular formula is C22H17N2O6+. The summed E-state index contributed by atoms with van der Waals surface area (Å²) in [6.45, 7) is -0.607. The number of ketones is 1. The van der Waals surface area contributed by atoms with Crippen molar-refractivity contribution < 1.29 is 29.6 Å². The Kier molecular flexibility index (Phi) is 3.29. The Morgan fingerprint density at radius 2 is 1.87 bits per heavy atom. The molecule has 0 aromatic heterocycles. The second-order valence-electron chi connectivity index (χ2n) is 7.95. The summed E-state index contributed by atoms with van der Waals surface area (Å²) in [4.78, 5) is 33.1. The van der Waals surface area contributed by atoms with E-state index in [0.29, 0.717) is 28.4 Å². The highest BCUT2D eigenvalue weighted by molar-refractivity contribution is 6.29. The Hall–Kier alpha value is -3.04. The van der Waals surface area contributed by atoms with Crippen molar-refractivity contribution in [2.24, 2.45) is 4.99 Å². The Balaban J connectivity index is 1.65. The molecule has 0 saturated carbocycles. The third-order valence-electron chi connectivity index (χ3n) is 6.64. The van der Waals surface area contributed by atoms with Crippen LogP contribution in [0.4, 0.5) is 11.4 Å². The Morgan fingerprint density at radius 3 is 2.67 bits per heavy atom. The molecule has 4 aliphatic rings. The van der Waals surface area contributed by atoms with Gasteiger partial charge >= 0.3 is 0 Å². The first kappa shape index (κ1) is 17.8. The van der Waals surface area contributed by atoms with Crippen LogP contribution in [0.3, 0.4) is 0 Å². The zero-order valence-corrected chi connectivity index (χ0v) is 15.6. The van der Waals surface area contributed by atoms with Crippen molar-refractivity contribution >= 4 is 29.3 Å². The fraction of sp³-hybridized carbons (Fsp3) is 0.273. The van der Waals surface area contributed by atoms with Crippen LogP contribution >= 0.6 is 0 Å². The number of aliphatic imine (C=N–C) groups is 1. The fourth-order valence-corrected chi connectivity index (χ4v) is 5.34. The number of Topliss-reactive ketones (excluding diaryl/α,β-unsaturated/α-hetero) is 1. The fourth-order valence-electron chi connectivity index (χ4n) is 5.34. The number of benzene rings is 2. The van der Waals surface area contributed by atoms with Gasteiger partial charge in [-0.1, -0.05) is 12.1 Å². The number of nitrogens with zero attached hydrogens (tertiary/aromatic N) is 2. The van der Waals surface area contributed by atoms with Crippen LogP contribution in [-0.4, -0.2) is 69.3 Å². The number of rotatable bonds is 2. The first-order valence-corrected chi connectivity index (χ1v) is 9.63. The lowest BCUT2D eigenvalue weighted by Crippen LogP contribution is -2.60. The van der Waals surface area contributed by atoms with E-state index >= 15 is 0 Å². The second kappa shape index (κ2) is 5.55. The van der Waals surface area contributed by atoms with E-state index in [0.717, 1.165) is 0 Å². The molecule has 0 bridgehead atoms. The minimum Gasteiger partial charge on any atom is -0.394 e. The van der Waals surface area contributed by atoms with Crippen molar-refractivity contribution in [2.75, 3.05) is 11.5 Å². The number of carbonyl (C=O) groups is 2. The van der Waals surface area contributed by atoms with E-state index in [2.05, 4.69) is 4.99 Å². The van der Waals surface area contributed by atoms with Crippen LogP contribution in [0.15, 0.2) is 53.5 Å². The van der Waals surface area contributed by atoms with Gasteiger partial charge in [-0.15, -0.1) is 0 Å². The minimum absolute atomic E-state index is 0.323. The first-order valence-electron chi connectivity index (χ1n) is 9.63. The smallest absolute Gasteiger partial charge is 0.266 e. The van der Waals surface area contributed by atoms with Gasteiger partial charge in [-0.2, -0.15) is 4.99 Å². The van der Waals surface area contributed by atoms with Crippen LogP contribution in [0.2, 0.25) is 0 Å². The maximum atomic E-state index is 13.9. The number of ether oxygens (including phenoxy) is 1. The van der Waals surface area contributed by atoms with Crippen LogP contribution in [0.25, 0.3) is 0 Å². The molecular weight excluding hydrogens is 388 g/mol. The predicted octanol–water partition coefficient (Wildman–Crippen LogP) is 0.159. The largest absolute Gasteiger partial charge is 0.394 e. The van der Waals surface area contributed by atoms with Crippen LogP contribution < -0.4 is 4.90 Å². The van der Waals surface area contributed by atoms with Crippen LogP contribution in [-0.2, 0) is 9.53 Å². The number of para-hydroxylation sites is 2. The zero-order valence-electron chi connectivity index (χ0n) is 15.6. The van der Waals surface area contributed by atoms with Crippen molar-refractivity contribution in [3.8, 4) is 0 Å². The van der Waals surface area contributed by atoms with Gasteiger partial charge in [0.2, 0.25) is 16.9 Å². The number of aliphatic hydroxyl groups is 3. The first-order chi connectivity index (χ1) is 14.5. The standard InChI is InChI=1S/C22H17N2O6/c25-10-16-18(27)22(29)19(30-16)21(13-9-23-14-7-3-1-5-11(13)14)17(26)12-6-2-4-8-15(12)24(21)20(22)28/h1-9,16,18-19,25,27,29H,10H2/q+1/t16-,18-,19+,21+,22+/m0/s1. The molecule has 8 nitrogen and oxygen atoms in total. The molecule has 2 aromatic rings. The maximum absolute atomic E-state index is 13.9. The van der Waals surface area contributed by atoms with E-state index in [9.17, 15) is 24.9 Å². The number of amides is 1. The third-order valence-corrected chi connectivity index (χ3v) is 6.64. The zero-order chi connectivity index (χ0) is 20.8. The summed E-state index contributed by atoms with van der Waals surface area (Å²) in [5.74, 6) is -0.838. The quantitative estimate of drug-likeness (QED) is 0.613. The van der Waals surface area contributed by atoms with Crippen molar-refractivity contribution in [3.63, 3.8) is 0 Å². The normalized spacial score (nSPS) is 35.6. The van der Waals surface area contributed by atoms with Crippen molar-refractivity contribution in [1.82, 2.24) is 0 Å². The van der Waals surface area contributed by atoms with Crippen LogP contribution in [0.5, 0.6) is 0 Å². The Bertz CT molecular complexity index is 1150. The van der Waals surface area contributed by atoms with Gasteiger partial charge in [-0.3, -0.25) is 14.5 Å². The highest BCUT2D eigenvalue weighted by Crippen LogP contribution is 2.60. The predicted molar refractivity (Wildman–Crippen MR) is 105 cm³/mol. The van der Waals surface area contributed by atoms with E-state index in [-0.39, 0.29) is 0 Å². The summed E-state index contributed by atoms with van der Waals surface area (Å²) in [6.07, 6.45) is -2.79. The van der Waals surface area contributed by atoms with E-state index < -0.39 is 47.7 Å². The molecule has 2 aromatic carbocycles. The van der Waals surface area contributed by atoms with Gasteiger partial charge in [0.05, 0.1) is 12.3 Å².